The van der Waals surface area contributed by atoms with Gasteiger partial charge in [0, 0.05) is 17.1 Å². The molecule has 5 rings (SSSR count). The molecular weight excluding hydrogens is 432 g/mol. The van der Waals surface area contributed by atoms with Crippen molar-refractivity contribution >= 4 is 34.2 Å². The van der Waals surface area contributed by atoms with Gasteiger partial charge >= 0.3 is 0 Å². The first-order chi connectivity index (χ1) is 14.4. The molecule has 1 aliphatic rings. The Labute approximate surface area is 179 Å². The SMILES string of the molecule is O=c1c2c(Cl)ccnc2ncn1Cc1nc([C@H]2C[C@](F)(c3ccc(Cl)cc3)C2)no1. The highest BCUT2D eigenvalue weighted by Crippen LogP contribution is 2.53. The summed E-state index contributed by atoms with van der Waals surface area (Å²) in [6, 6.07) is 8.27. The van der Waals surface area contributed by atoms with Crippen LogP contribution in [0, 0.1) is 0 Å². The third-order valence-electron chi connectivity index (χ3n) is 5.33. The fourth-order valence-corrected chi connectivity index (χ4v) is 4.04. The Kier molecular flexibility index (Phi) is 4.56. The molecule has 1 aliphatic carbocycles. The van der Waals surface area contributed by atoms with Crippen LogP contribution in [0.4, 0.5) is 4.39 Å². The van der Waals surface area contributed by atoms with Crippen molar-refractivity contribution < 1.29 is 8.91 Å². The zero-order valence-electron chi connectivity index (χ0n) is 15.4. The number of nitrogens with zero attached hydrogens (tertiary/aromatic N) is 5. The minimum atomic E-state index is -1.43. The topological polar surface area (TPSA) is 86.7 Å². The highest BCUT2D eigenvalue weighted by atomic mass is 35.5. The van der Waals surface area contributed by atoms with Gasteiger partial charge in [0.05, 0.1) is 5.02 Å². The molecule has 0 radical (unpaired) electrons. The number of hydrogen-bond donors (Lipinski definition) is 0. The lowest BCUT2D eigenvalue weighted by Gasteiger charge is -2.40. The van der Waals surface area contributed by atoms with Crippen LogP contribution in [0.3, 0.4) is 0 Å². The molecule has 30 heavy (non-hydrogen) atoms. The zero-order chi connectivity index (χ0) is 20.9. The van der Waals surface area contributed by atoms with Crippen molar-refractivity contribution in [3.8, 4) is 0 Å². The maximum atomic E-state index is 15.1. The fraction of sp³-hybridized carbons (Fsp3) is 0.250. The predicted octanol–water partition coefficient (Wildman–Crippen LogP) is 4.27. The van der Waals surface area contributed by atoms with Gasteiger partial charge in [0.25, 0.3) is 5.56 Å². The van der Waals surface area contributed by atoms with E-state index < -0.39 is 5.67 Å². The number of alkyl halides is 1. The van der Waals surface area contributed by atoms with Gasteiger partial charge in [-0.15, -0.1) is 0 Å². The van der Waals surface area contributed by atoms with E-state index in [4.69, 9.17) is 27.7 Å². The lowest BCUT2D eigenvalue weighted by Crippen LogP contribution is -2.36. The monoisotopic (exact) mass is 445 g/mol. The number of benzene rings is 1. The van der Waals surface area contributed by atoms with Crippen LogP contribution in [-0.4, -0.2) is 24.7 Å². The van der Waals surface area contributed by atoms with Gasteiger partial charge in [0.1, 0.15) is 23.9 Å². The van der Waals surface area contributed by atoms with Crippen molar-refractivity contribution in [2.24, 2.45) is 0 Å². The number of aromatic nitrogens is 5. The molecule has 7 nitrogen and oxygen atoms in total. The maximum absolute atomic E-state index is 15.1. The minimum absolute atomic E-state index is 0.0324. The first kappa shape index (κ1) is 19.1. The van der Waals surface area contributed by atoms with E-state index in [0.29, 0.717) is 16.4 Å². The molecular formula is C20H14Cl2FN5O2. The molecule has 0 amide bonds. The van der Waals surface area contributed by atoms with E-state index in [9.17, 15) is 4.79 Å². The van der Waals surface area contributed by atoms with Crippen molar-refractivity contribution in [1.29, 1.82) is 0 Å². The average Bonchev–Trinajstić information content (AvgIpc) is 3.16. The standard InChI is InChI=1S/C20H14Cl2FN5O2/c21-13-3-1-12(2-4-13)20(23)7-11(8-20)17-26-15(30-27-17)9-28-10-25-18-16(19(28)29)14(22)5-6-24-18/h1-6,10-11H,7-9H2/t11-,20+. The quantitative estimate of drug-likeness (QED) is 0.466. The number of halogens is 3. The molecule has 1 aromatic carbocycles. The molecule has 152 valence electrons. The van der Waals surface area contributed by atoms with E-state index in [1.165, 1.54) is 23.2 Å². The zero-order valence-corrected chi connectivity index (χ0v) is 16.9. The Morgan fingerprint density at radius 2 is 1.93 bits per heavy atom. The number of fused-ring (bicyclic) bond motifs is 1. The van der Waals surface area contributed by atoms with E-state index in [-0.39, 0.29) is 52.8 Å². The van der Waals surface area contributed by atoms with Crippen LogP contribution in [0.1, 0.15) is 36.0 Å². The molecule has 3 aromatic heterocycles. The Bertz CT molecular complexity index is 1300. The Hall–Kier alpha value is -2.84. The average molecular weight is 446 g/mol. The van der Waals surface area contributed by atoms with Gasteiger partial charge in [0.2, 0.25) is 5.89 Å². The molecule has 0 atom stereocenters. The van der Waals surface area contributed by atoms with Crippen LogP contribution in [0.2, 0.25) is 10.0 Å². The van der Waals surface area contributed by atoms with Gasteiger partial charge in [-0.25, -0.2) is 14.4 Å². The number of pyridine rings is 1. The van der Waals surface area contributed by atoms with Crippen LogP contribution in [0.5, 0.6) is 0 Å². The summed E-state index contributed by atoms with van der Waals surface area (Å²) in [6.07, 6.45) is 3.35. The molecule has 0 spiro atoms. The summed E-state index contributed by atoms with van der Waals surface area (Å²) in [7, 11) is 0. The fourth-order valence-electron chi connectivity index (χ4n) is 3.69. The number of hydrogen-bond acceptors (Lipinski definition) is 6. The molecule has 4 aromatic rings. The molecule has 0 aliphatic heterocycles. The first-order valence-electron chi connectivity index (χ1n) is 9.20. The molecule has 3 heterocycles. The van der Waals surface area contributed by atoms with Crippen LogP contribution in [0.25, 0.3) is 11.0 Å². The summed E-state index contributed by atoms with van der Waals surface area (Å²) in [6.45, 7) is 0.0324. The number of rotatable bonds is 4. The van der Waals surface area contributed by atoms with Crippen LogP contribution in [0.15, 0.2) is 52.2 Å². The Balaban J connectivity index is 1.33. The third kappa shape index (κ3) is 3.26. The molecule has 0 saturated heterocycles. The van der Waals surface area contributed by atoms with Crippen molar-refractivity contribution in [1.82, 2.24) is 24.7 Å². The second-order valence-electron chi connectivity index (χ2n) is 7.29. The van der Waals surface area contributed by atoms with Crippen molar-refractivity contribution in [3.05, 3.63) is 80.5 Å². The van der Waals surface area contributed by atoms with E-state index in [1.807, 2.05) is 0 Å². The summed E-state index contributed by atoms with van der Waals surface area (Å²) in [5.41, 5.74) is -0.928. The van der Waals surface area contributed by atoms with Crippen LogP contribution < -0.4 is 5.56 Å². The summed E-state index contributed by atoms with van der Waals surface area (Å²) in [4.78, 5) is 25.2. The Morgan fingerprint density at radius 1 is 1.17 bits per heavy atom. The van der Waals surface area contributed by atoms with Crippen molar-refractivity contribution in [2.75, 3.05) is 0 Å². The van der Waals surface area contributed by atoms with E-state index in [2.05, 4.69) is 20.1 Å². The summed E-state index contributed by atoms with van der Waals surface area (Å²) in [5.74, 6) is 0.498. The van der Waals surface area contributed by atoms with Gasteiger partial charge < -0.3 is 4.52 Å². The second-order valence-corrected chi connectivity index (χ2v) is 8.14. The molecule has 0 unspecified atom stereocenters. The summed E-state index contributed by atoms with van der Waals surface area (Å²) < 4.78 is 21.7. The largest absolute Gasteiger partial charge is 0.337 e. The smallest absolute Gasteiger partial charge is 0.264 e. The molecule has 0 bridgehead atoms. The van der Waals surface area contributed by atoms with Gasteiger partial charge in [-0.1, -0.05) is 40.5 Å². The first-order valence-corrected chi connectivity index (χ1v) is 9.96. The lowest BCUT2D eigenvalue weighted by atomic mass is 9.68. The van der Waals surface area contributed by atoms with Crippen molar-refractivity contribution in [3.63, 3.8) is 0 Å². The van der Waals surface area contributed by atoms with Crippen molar-refractivity contribution in [2.45, 2.75) is 31.0 Å². The highest BCUT2D eigenvalue weighted by Gasteiger charge is 2.48. The predicted molar refractivity (Wildman–Crippen MR) is 108 cm³/mol. The van der Waals surface area contributed by atoms with Crippen LogP contribution in [-0.2, 0) is 12.2 Å². The molecule has 1 saturated carbocycles. The summed E-state index contributed by atoms with van der Waals surface area (Å²) >= 11 is 12.0. The van der Waals surface area contributed by atoms with Gasteiger partial charge in [-0.2, -0.15) is 4.98 Å². The summed E-state index contributed by atoms with van der Waals surface area (Å²) in [5, 5.41) is 5.04. The van der Waals surface area contributed by atoms with Gasteiger partial charge in [-0.05, 0) is 36.6 Å². The maximum Gasteiger partial charge on any atom is 0.264 e. The normalized spacial score (nSPS) is 21.0. The third-order valence-corrected chi connectivity index (χ3v) is 5.90. The van der Waals surface area contributed by atoms with E-state index in [0.717, 1.165) is 0 Å². The van der Waals surface area contributed by atoms with Gasteiger partial charge in [0.15, 0.2) is 11.5 Å². The molecule has 1 fully saturated rings. The van der Waals surface area contributed by atoms with Gasteiger partial charge in [-0.3, -0.25) is 9.36 Å². The Morgan fingerprint density at radius 3 is 2.70 bits per heavy atom. The van der Waals surface area contributed by atoms with E-state index >= 15 is 4.39 Å². The molecule has 0 N–H and O–H groups in total. The molecule has 10 heteroatoms. The minimum Gasteiger partial charge on any atom is -0.337 e. The van der Waals surface area contributed by atoms with E-state index in [1.54, 1.807) is 24.3 Å². The van der Waals surface area contributed by atoms with Crippen LogP contribution >= 0.6 is 23.2 Å². The lowest BCUT2D eigenvalue weighted by molar-refractivity contribution is 0.0336. The second kappa shape index (κ2) is 7.14. The highest BCUT2D eigenvalue weighted by molar-refractivity contribution is 6.35.